The van der Waals surface area contributed by atoms with E-state index >= 15 is 0 Å². The first kappa shape index (κ1) is 17.0. The molecule has 1 aromatic carbocycles. The van der Waals surface area contributed by atoms with Gasteiger partial charge in [0, 0.05) is 19.1 Å². The third-order valence-corrected chi connectivity index (χ3v) is 6.39. The maximum atomic E-state index is 12.6. The van der Waals surface area contributed by atoms with Gasteiger partial charge < -0.3 is 14.4 Å². The Kier molecular flexibility index (Phi) is 4.69. The Bertz CT molecular complexity index is 721. The van der Waals surface area contributed by atoms with E-state index in [0.29, 0.717) is 24.6 Å². The van der Waals surface area contributed by atoms with Gasteiger partial charge in [-0.3, -0.25) is 9.69 Å². The number of carbonyl (C=O) groups excluding carboxylic acids is 1. The summed E-state index contributed by atoms with van der Waals surface area (Å²) in [4.78, 5) is 16.3. The molecule has 1 amide bonds. The van der Waals surface area contributed by atoms with Crippen LogP contribution < -0.4 is 9.47 Å². The average Bonchev–Trinajstić information content (AvgIpc) is 2.89. The fourth-order valence-corrected chi connectivity index (χ4v) is 5.45. The number of nitrogens with zero attached hydrogens (tertiary/aromatic N) is 2. The fourth-order valence-electron chi connectivity index (χ4n) is 3.40. The van der Waals surface area contributed by atoms with E-state index in [4.69, 9.17) is 9.47 Å². The summed E-state index contributed by atoms with van der Waals surface area (Å²) in [6.45, 7) is 1.05. The normalized spacial score (nSPS) is 26.0. The highest BCUT2D eigenvalue weighted by Crippen LogP contribution is 2.28. The summed E-state index contributed by atoms with van der Waals surface area (Å²) in [5, 5.41) is 0. The fraction of sp³-hybridized carbons (Fsp3) is 0.562. The number of piperazine rings is 1. The molecule has 0 spiro atoms. The number of ether oxygens (including phenoxy) is 2. The van der Waals surface area contributed by atoms with Gasteiger partial charge in [-0.2, -0.15) is 0 Å². The van der Waals surface area contributed by atoms with Gasteiger partial charge in [0.05, 0.1) is 24.7 Å². The maximum Gasteiger partial charge on any atom is 0.260 e. The molecule has 8 heteroatoms. The Balaban J connectivity index is 1.68. The van der Waals surface area contributed by atoms with Crippen LogP contribution in [0.4, 0.5) is 0 Å². The van der Waals surface area contributed by atoms with Crippen LogP contribution >= 0.6 is 0 Å². The van der Waals surface area contributed by atoms with Crippen LogP contribution in [0.2, 0.25) is 0 Å². The lowest BCUT2D eigenvalue weighted by Gasteiger charge is -2.42. The van der Waals surface area contributed by atoms with Crippen molar-refractivity contribution in [2.75, 3.05) is 45.4 Å². The van der Waals surface area contributed by atoms with Gasteiger partial charge in [0.15, 0.2) is 27.9 Å². The Hall–Kier alpha value is -1.80. The molecule has 2 fully saturated rings. The summed E-state index contributed by atoms with van der Waals surface area (Å²) in [5.41, 5.74) is 0. The molecule has 0 bridgehead atoms. The minimum Gasteiger partial charge on any atom is -0.493 e. The van der Waals surface area contributed by atoms with E-state index in [2.05, 4.69) is 0 Å². The highest BCUT2D eigenvalue weighted by Gasteiger charge is 2.46. The van der Waals surface area contributed by atoms with Crippen molar-refractivity contribution in [1.82, 2.24) is 9.80 Å². The van der Waals surface area contributed by atoms with Crippen molar-refractivity contribution in [1.29, 1.82) is 0 Å². The second-order valence-electron chi connectivity index (χ2n) is 6.22. The first-order valence-electron chi connectivity index (χ1n) is 7.87. The second kappa shape index (κ2) is 6.60. The topological polar surface area (TPSA) is 76.2 Å². The number of amides is 1. The quantitative estimate of drug-likeness (QED) is 0.758. The van der Waals surface area contributed by atoms with Crippen molar-refractivity contribution < 1.29 is 22.7 Å². The molecule has 2 atom stereocenters. The van der Waals surface area contributed by atoms with Crippen LogP contribution in [0, 0.1) is 0 Å². The van der Waals surface area contributed by atoms with Gasteiger partial charge in [-0.15, -0.1) is 0 Å². The zero-order chi connectivity index (χ0) is 17.3. The number of para-hydroxylation sites is 2. The minimum atomic E-state index is -3.10. The molecule has 0 N–H and O–H groups in total. The van der Waals surface area contributed by atoms with E-state index in [1.165, 1.54) is 0 Å². The third-order valence-electron chi connectivity index (χ3n) is 4.69. The number of carbonyl (C=O) groups is 1. The lowest BCUT2D eigenvalue weighted by atomic mass is 10.1. The number of fused-ring (bicyclic) bond motifs is 1. The van der Waals surface area contributed by atoms with Gasteiger partial charge >= 0.3 is 0 Å². The van der Waals surface area contributed by atoms with Crippen molar-refractivity contribution in [3.8, 4) is 11.5 Å². The molecule has 3 rings (SSSR count). The predicted molar refractivity (Wildman–Crippen MR) is 89.1 cm³/mol. The number of methoxy groups -OCH3 is 1. The molecule has 24 heavy (non-hydrogen) atoms. The molecule has 1 aromatic rings. The number of benzene rings is 1. The van der Waals surface area contributed by atoms with Crippen LogP contribution in [-0.4, -0.2) is 81.6 Å². The number of likely N-dealkylation sites (N-methyl/N-ethyl adjacent to an activating group) is 1. The van der Waals surface area contributed by atoms with E-state index in [9.17, 15) is 13.2 Å². The van der Waals surface area contributed by atoms with Crippen molar-refractivity contribution >= 4 is 15.7 Å². The highest BCUT2D eigenvalue weighted by molar-refractivity contribution is 7.91. The average molecular weight is 354 g/mol. The Morgan fingerprint density at radius 2 is 1.83 bits per heavy atom. The molecular formula is C16H22N2O5S. The van der Waals surface area contributed by atoms with Gasteiger partial charge in [-0.25, -0.2) is 8.42 Å². The number of hydrogen-bond donors (Lipinski definition) is 0. The van der Waals surface area contributed by atoms with E-state index < -0.39 is 9.84 Å². The van der Waals surface area contributed by atoms with Crippen LogP contribution in [0.1, 0.15) is 0 Å². The molecule has 0 unspecified atom stereocenters. The van der Waals surface area contributed by atoms with E-state index in [-0.39, 0.29) is 36.1 Å². The van der Waals surface area contributed by atoms with Gasteiger partial charge in [0.1, 0.15) is 0 Å². The Morgan fingerprint density at radius 1 is 1.17 bits per heavy atom. The van der Waals surface area contributed by atoms with E-state index in [1.54, 1.807) is 30.2 Å². The zero-order valence-electron chi connectivity index (χ0n) is 13.8. The highest BCUT2D eigenvalue weighted by atomic mass is 32.2. The summed E-state index contributed by atoms with van der Waals surface area (Å²) in [5.74, 6) is 1.01. The standard InChI is InChI=1S/C16H22N2O5S/c1-17-7-8-18(13-11-24(20,21)10-12(13)17)16(19)9-23-15-6-4-3-5-14(15)22-2/h3-6,12-13H,7-11H2,1-2H3/t12-,13+/m1/s1. The summed E-state index contributed by atoms with van der Waals surface area (Å²) in [6, 6.07) is 6.70. The van der Waals surface area contributed by atoms with Crippen LogP contribution in [-0.2, 0) is 14.6 Å². The van der Waals surface area contributed by atoms with Crippen molar-refractivity contribution in [3.05, 3.63) is 24.3 Å². The lowest BCUT2D eigenvalue weighted by Crippen LogP contribution is -2.60. The van der Waals surface area contributed by atoms with Crippen LogP contribution in [0.5, 0.6) is 11.5 Å². The summed E-state index contributed by atoms with van der Waals surface area (Å²) in [6.07, 6.45) is 0. The Morgan fingerprint density at radius 3 is 2.54 bits per heavy atom. The van der Waals surface area contributed by atoms with Crippen molar-refractivity contribution in [2.24, 2.45) is 0 Å². The molecule has 2 aliphatic rings. The zero-order valence-corrected chi connectivity index (χ0v) is 14.7. The molecule has 0 aliphatic carbocycles. The predicted octanol–water partition coefficient (Wildman–Crippen LogP) is 0.0136. The van der Waals surface area contributed by atoms with E-state index in [1.807, 2.05) is 18.0 Å². The van der Waals surface area contributed by atoms with Gasteiger partial charge in [0.2, 0.25) is 0 Å². The first-order valence-corrected chi connectivity index (χ1v) is 9.69. The summed E-state index contributed by atoms with van der Waals surface area (Å²) < 4.78 is 34.7. The van der Waals surface area contributed by atoms with Crippen LogP contribution in [0.15, 0.2) is 24.3 Å². The van der Waals surface area contributed by atoms with Gasteiger partial charge in [-0.05, 0) is 19.2 Å². The molecule has 132 valence electrons. The first-order chi connectivity index (χ1) is 11.4. The lowest BCUT2D eigenvalue weighted by molar-refractivity contribution is -0.138. The second-order valence-corrected chi connectivity index (χ2v) is 8.37. The maximum absolute atomic E-state index is 12.6. The SMILES string of the molecule is COc1ccccc1OCC(=O)N1CCN(C)[C@@H]2CS(=O)(=O)C[C@@H]21. The van der Waals surface area contributed by atoms with Gasteiger partial charge in [-0.1, -0.05) is 12.1 Å². The number of sulfone groups is 1. The van der Waals surface area contributed by atoms with Crippen LogP contribution in [0.25, 0.3) is 0 Å². The smallest absolute Gasteiger partial charge is 0.260 e. The molecule has 7 nitrogen and oxygen atoms in total. The molecule has 2 heterocycles. The van der Waals surface area contributed by atoms with Crippen molar-refractivity contribution in [2.45, 2.75) is 12.1 Å². The molecular weight excluding hydrogens is 332 g/mol. The molecule has 2 aliphatic heterocycles. The molecule has 0 aromatic heterocycles. The largest absolute Gasteiger partial charge is 0.493 e. The third kappa shape index (κ3) is 3.34. The number of hydrogen-bond acceptors (Lipinski definition) is 6. The van der Waals surface area contributed by atoms with E-state index in [0.717, 1.165) is 0 Å². The number of rotatable bonds is 4. The summed E-state index contributed by atoms with van der Waals surface area (Å²) in [7, 11) is 0.346. The van der Waals surface area contributed by atoms with Crippen LogP contribution in [0.3, 0.4) is 0 Å². The molecule has 0 saturated carbocycles. The monoisotopic (exact) mass is 354 g/mol. The summed E-state index contributed by atoms with van der Waals surface area (Å²) >= 11 is 0. The molecule has 0 radical (unpaired) electrons. The molecule has 2 saturated heterocycles. The van der Waals surface area contributed by atoms with Gasteiger partial charge in [0.25, 0.3) is 5.91 Å². The van der Waals surface area contributed by atoms with Crippen molar-refractivity contribution in [3.63, 3.8) is 0 Å². The minimum absolute atomic E-state index is 0.0302. The Labute approximate surface area is 142 Å².